The Morgan fingerprint density at radius 3 is 2.26 bits per heavy atom. The normalized spacial score (nSPS) is 21.1. The van der Waals surface area contributed by atoms with Gasteiger partial charge in [0.05, 0.1) is 0 Å². The molecule has 0 atom stereocenters. The Bertz CT molecular complexity index is 904. The Hall–Kier alpha value is -2.60. The van der Waals surface area contributed by atoms with Gasteiger partial charge in [-0.25, -0.2) is 8.78 Å². The van der Waals surface area contributed by atoms with E-state index in [2.05, 4.69) is 10.2 Å². The maximum absolute atomic E-state index is 14.2. The molecule has 1 aliphatic carbocycles. The first-order valence-electron chi connectivity index (χ1n) is 10.8. The summed E-state index contributed by atoms with van der Waals surface area (Å²) in [4.78, 5) is 26.7. The van der Waals surface area contributed by atoms with Crippen molar-refractivity contribution < 1.29 is 18.4 Å². The van der Waals surface area contributed by atoms with Crippen molar-refractivity contribution in [2.24, 2.45) is 0 Å². The zero-order valence-electron chi connectivity index (χ0n) is 18.2. The second kappa shape index (κ2) is 10.1. The fraction of sp³-hybridized carbons (Fsp3) is 0.440. The van der Waals surface area contributed by atoms with Gasteiger partial charge in [0.1, 0.15) is 11.6 Å². The van der Waals surface area contributed by atoms with E-state index in [9.17, 15) is 18.4 Å². The van der Waals surface area contributed by atoms with Crippen molar-refractivity contribution in [2.45, 2.75) is 56.5 Å². The molecule has 0 aromatic heterocycles. The maximum Gasteiger partial charge on any atom is 0.220 e. The second-order valence-corrected chi connectivity index (χ2v) is 8.66. The highest BCUT2D eigenvalue weighted by molar-refractivity contribution is 5.97. The molecule has 1 N–H and O–H groups in total. The molecule has 0 bridgehead atoms. The van der Waals surface area contributed by atoms with Crippen LogP contribution in [0, 0.1) is 11.6 Å². The summed E-state index contributed by atoms with van der Waals surface area (Å²) in [6.07, 6.45) is 4.18. The SMILES string of the molecule is CN(C)C1(Cc2ccccc2F)CCC(NC(=O)CCC(=O)c2ccc(F)cc2)CC1. The van der Waals surface area contributed by atoms with Gasteiger partial charge in [-0.05, 0) is 82.1 Å². The molecular formula is C25H30F2N2O2. The van der Waals surface area contributed by atoms with Gasteiger partial charge in [-0.15, -0.1) is 0 Å². The van der Waals surface area contributed by atoms with Gasteiger partial charge in [0.2, 0.25) is 5.91 Å². The number of likely N-dealkylation sites (N-methyl/N-ethyl adjacent to an activating group) is 1. The minimum absolute atomic E-state index is 0.0575. The summed E-state index contributed by atoms with van der Waals surface area (Å²) in [5, 5.41) is 3.04. The van der Waals surface area contributed by atoms with Crippen molar-refractivity contribution in [3.05, 3.63) is 71.3 Å². The van der Waals surface area contributed by atoms with Crippen molar-refractivity contribution >= 4 is 11.7 Å². The van der Waals surface area contributed by atoms with Crippen molar-refractivity contribution in [1.82, 2.24) is 10.2 Å². The highest BCUT2D eigenvalue weighted by Crippen LogP contribution is 2.36. The molecule has 1 amide bonds. The molecule has 0 aliphatic heterocycles. The summed E-state index contributed by atoms with van der Waals surface area (Å²) in [7, 11) is 4.06. The number of carbonyl (C=O) groups excluding carboxylic acids is 2. The van der Waals surface area contributed by atoms with Crippen LogP contribution in [-0.4, -0.2) is 42.3 Å². The number of Topliss-reactive ketones (excluding diaryl/α,β-unsaturated/α-hetero) is 1. The molecule has 31 heavy (non-hydrogen) atoms. The van der Waals surface area contributed by atoms with Crippen molar-refractivity contribution in [1.29, 1.82) is 0 Å². The third-order valence-electron chi connectivity index (χ3n) is 6.45. The van der Waals surface area contributed by atoms with E-state index in [4.69, 9.17) is 0 Å². The van der Waals surface area contributed by atoms with Crippen molar-refractivity contribution in [3.63, 3.8) is 0 Å². The van der Waals surface area contributed by atoms with Crippen LogP contribution >= 0.6 is 0 Å². The summed E-state index contributed by atoms with van der Waals surface area (Å²) in [6.45, 7) is 0. The Kier molecular flexibility index (Phi) is 7.55. The molecule has 4 nitrogen and oxygen atoms in total. The van der Waals surface area contributed by atoms with Crippen LogP contribution in [0.4, 0.5) is 8.78 Å². The fourth-order valence-corrected chi connectivity index (χ4v) is 4.38. The van der Waals surface area contributed by atoms with E-state index in [0.717, 1.165) is 31.2 Å². The second-order valence-electron chi connectivity index (χ2n) is 8.66. The summed E-state index contributed by atoms with van der Waals surface area (Å²) in [5.74, 6) is -0.886. The zero-order valence-corrected chi connectivity index (χ0v) is 18.2. The summed E-state index contributed by atoms with van der Waals surface area (Å²) < 4.78 is 27.2. The number of benzene rings is 2. The average Bonchev–Trinajstić information content (AvgIpc) is 2.75. The van der Waals surface area contributed by atoms with Crippen molar-refractivity contribution in [2.75, 3.05) is 14.1 Å². The largest absolute Gasteiger partial charge is 0.353 e. The van der Waals surface area contributed by atoms with Crippen LogP contribution in [0.3, 0.4) is 0 Å². The van der Waals surface area contributed by atoms with Crippen LogP contribution in [0.25, 0.3) is 0 Å². The van der Waals surface area contributed by atoms with Gasteiger partial charge in [-0.2, -0.15) is 0 Å². The van der Waals surface area contributed by atoms with E-state index < -0.39 is 5.82 Å². The van der Waals surface area contributed by atoms with Crippen LogP contribution in [0.5, 0.6) is 0 Å². The Morgan fingerprint density at radius 2 is 1.65 bits per heavy atom. The lowest BCUT2D eigenvalue weighted by Crippen LogP contribution is -2.52. The van der Waals surface area contributed by atoms with Crippen LogP contribution in [0.15, 0.2) is 48.5 Å². The highest BCUT2D eigenvalue weighted by atomic mass is 19.1. The lowest BCUT2D eigenvalue weighted by atomic mass is 9.74. The van der Waals surface area contributed by atoms with E-state index in [-0.39, 0.29) is 41.9 Å². The molecule has 0 spiro atoms. The molecule has 1 aliphatic rings. The van der Waals surface area contributed by atoms with Gasteiger partial charge in [0, 0.05) is 30.0 Å². The number of amides is 1. The lowest BCUT2D eigenvalue weighted by Gasteiger charge is -2.45. The van der Waals surface area contributed by atoms with Crippen LogP contribution < -0.4 is 5.32 Å². The first-order valence-corrected chi connectivity index (χ1v) is 10.8. The van der Waals surface area contributed by atoms with Crippen molar-refractivity contribution in [3.8, 4) is 0 Å². The molecule has 2 aromatic rings. The number of hydrogen-bond acceptors (Lipinski definition) is 3. The third-order valence-corrected chi connectivity index (χ3v) is 6.45. The molecule has 1 fully saturated rings. The fourth-order valence-electron chi connectivity index (χ4n) is 4.38. The Balaban J connectivity index is 1.50. The Morgan fingerprint density at radius 1 is 1.00 bits per heavy atom. The smallest absolute Gasteiger partial charge is 0.220 e. The van der Waals surface area contributed by atoms with E-state index in [1.165, 1.54) is 30.3 Å². The zero-order chi connectivity index (χ0) is 22.4. The monoisotopic (exact) mass is 428 g/mol. The molecule has 3 rings (SSSR count). The highest BCUT2D eigenvalue weighted by Gasteiger charge is 2.38. The molecule has 0 radical (unpaired) electrons. The van der Waals surface area contributed by atoms with E-state index in [1.54, 1.807) is 6.07 Å². The van der Waals surface area contributed by atoms with Gasteiger partial charge < -0.3 is 10.2 Å². The van der Waals surface area contributed by atoms with Crippen LogP contribution in [0.2, 0.25) is 0 Å². The number of ketones is 1. The number of carbonyl (C=O) groups is 2. The maximum atomic E-state index is 14.2. The molecule has 6 heteroatoms. The minimum atomic E-state index is -0.393. The standard InChI is InChI=1S/C25H30F2N2O2/c1-29(2)25(17-19-5-3-4-6-22(19)27)15-13-21(14-16-25)28-24(31)12-11-23(30)18-7-9-20(26)10-8-18/h3-10,21H,11-17H2,1-2H3,(H,28,31). The van der Waals surface area contributed by atoms with Crippen LogP contribution in [-0.2, 0) is 11.2 Å². The molecule has 1 saturated carbocycles. The summed E-state index contributed by atoms with van der Waals surface area (Å²) >= 11 is 0. The predicted molar refractivity (Wildman–Crippen MR) is 117 cm³/mol. The lowest BCUT2D eigenvalue weighted by molar-refractivity contribution is -0.122. The number of hydrogen-bond donors (Lipinski definition) is 1. The topological polar surface area (TPSA) is 49.4 Å². The molecule has 0 unspecified atom stereocenters. The average molecular weight is 429 g/mol. The van der Waals surface area contributed by atoms with E-state index in [1.807, 2.05) is 26.2 Å². The molecule has 0 heterocycles. The number of nitrogens with zero attached hydrogens (tertiary/aromatic N) is 1. The predicted octanol–water partition coefficient (Wildman–Crippen LogP) is 4.53. The van der Waals surface area contributed by atoms with Gasteiger partial charge in [0.15, 0.2) is 5.78 Å². The van der Waals surface area contributed by atoms with Gasteiger partial charge >= 0.3 is 0 Å². The third kappa shape index (κ3) is 5.97. The molecular weight excluding hydrogens is 398 g/mol. The number of nitrogens with one attached hydrogen (secondary N) is 1. The van der Waals surface area contributed by atoms with Gasteiger partial charge in [-0.1, -0.05) is 18.2 Å². The van der Waals surface area contributed by atoms with Crippen LogP contribution in [0.1, 0.15) is 54.4 Å². The number of rotatable bonds is 8. The quantitative estimate of drug-likeness (QED) is 0.629. The first-order chi connectivity index (χ1) is 14.8. The molecule has 2 aromatic carbocycles. The van der Waals surface area contributed by atoms with Gasteiger partial charge in [0.25, 0.3) is 0 Å². The van der Waals surface area contributed by atoms with E-state index >= 15 is 0 Å². The molecule has 0 saturated heterocycles. The minimum Gasteiger partial charge on any atom is -0.353 e. The first kappa shape index (κ1) is 23.1. The Labute approximate surface area is 182 Å². The summed E-state index contributed by atoms with van der Waals surface area (Å²) in [5.41, 5.74) is 0.996. The van der Waals surface area contributed by atoms with Gasteiger partial charge in [-0.3, -0.25) is 9.59 Å². The number of halogens is 2. The van der Waals surface area contributed by atoms with E-state index in [0.29, 0.717) is 12.0 Å². The summed E-state index contributed by atoms with van der Waals surface area (Å²) in [6, 6.07) is 12.3. The molecule has 166 valence electrons.